The molecule has 1 saturated carbocycles. The Balaban J connectivity index is 2.10. The van der Waals surface area contributed by atoms with Crippen LogP contribution in [0.1, 0.15) is 44.6 Å². The highest BCUT2D eigenvalue weighted by Gasteiger charge is 2.37. The van der Waals surface area contributed by atoms with Gasteiger partial charge in [-0.25, -0.2) is 4.39 Å². The van der Waals surface area contributed by atoms with Crippen LogP contribution < -0.4 is 5.73 Å². The summed E-state index contributed by atoms with van der Waals surface area (Å²) in [6, 6.07) is 5.07. The average Bonchev–Trinajstić information content (AvgIpc) is 2.84. The molecule has 1 aromatic rings. The van der Waals surface area contributed by atoms with E-state index < -0.39 is 0 Å². The van der Waals surface area contributed by atoms with Gasteiger partial charge in [0.2, 0.25) is 0 Å². The zero-order valence-corrected chi connectivity index (χ0v) is 11.6. The van der Waals surface area contributed by atoms with Crippen LogP contribution in [0.3, 0.4) is 0 Å². The number of hydrogen-bond donors (Lipinski definition) is 1. The molecule has 2 N–H and O–H groups in total. The Morgan fingerprint density at radius 1 is 1.39 bits per heavy atom. The molecule has 3 heteroatoms. The molecule has 0 bridgehead atoms. The van der Waals surface area contributed by atoms with Gasteiger partial charge in [0.15, 0.2) is 0 Å². The lowest BCUT2D eigenvalue weighted by Crippen LogP contribution is -2.41. The second-order valence-corrected chi connectivity index (χ2v) is 5.89. The van der Waals surface area contributed by atoms with E-state index in [0.717, 1.165) is 18.4 Å². The van der Waals surface area contributed by atoms with Gasteiger partial charge >= 0.3 is 0 Å². The third kappa shape index (κ3) is 2.70. The molecule has 0 amide bonds. The minimum Gasteiger partial charge on any atom is -0.327 e. The Kier molecular flexibility index (Phi) is 4.29. The van der Waals surface area contributed by atoms with Gasteiger partial charge in [0.05, 0.1) is 5.02 Å². The van der Waals surface area contributed by atoms with Crippen molar-refractivity contribution in [1.29, 1.82) is 0 Å². The Labute approximate surface area is 114 Å². The van der Waals surface area contributed by atoms with Gasteiger partial charge in [-0.15, -0.1) is 0 Å². The summed E-state index contributed by atoms with van der Waals surface area (Å²) in [6.07, 6.45) is 6.92. The molecular formula is C15H21ClFN. The minimum atomic E-state index is -0.361. The van der Waals surface area contributed by atoms with E-state index in [1.54, 1.807) is 12.1 Å². The van der Waals surface area contributed by atoms with Gasteiger partial charge in [-0.05, 0) is 48.8 Å². The fourth-order valence-corrected chi connectivity index (χ4v) is 3.41. The van der Waals surface area contributed by atoms with Crippen LogP contribution >= 0.6 is 11.6 Å². The molecule has 1 atom stereocenters. The molecule has 2 rings (SSSR count). The van der Waals surface area contributed by atoms with E-state index >= 15 is 0 Å². The van der Waals surface area contributed by atoms with Crippen molar-refractivity contribution in [2.45, 2.75) is 51.5 Å². The number of nitrogens with two attached hydrogens (primary N) is 1. The summed E-state index contributed by atoms with van der Waals surface area (Å²) in [5.74, 6) is -0.361. The Hall–Kier alpha value is -0.600. The van der Waals surface area contributed by atoms with Crippen LogP contribution in [-0.4, -0.2) is 6.04 Å². The van der Waals surface area contributed by atoms with Crippen LogP contribution in [0.5, 0.6) is 0 Å². The van der Waals surface area contributed by atoms with Crippen molar-refractivity contribution in [3.8, 4) is 0 Å². The van der Waals surface area contributed by atoms with Gasteiger partial charge in [-0.1, -0.05) is 37.4 Å². The molecule has 0 heterocycles. The van der Waals surface area contributed by atoms with E-state index in [2.05, 4.69) is 6.92 Å². The zero-order valence-electron chi connectivity index (χ0n) is 10.9. The number of hydrogen-bond acceptors (Lipinski definition) is 1. The summed E-state index contributed by atoms with van der Waals surface area (Å²) in [4.78, 5) is 0. The highest BCUT2D eigenvalue weighted by molar-refractivity contribution is 6.30. The fourth-order valence-electron chi connectivity index (χ4n) is 3.20. The SMILES string of the molecule is CCC1(C(N)Cc2ccc(F)c(Cl)c2)CCCC1. The summed E-state index contributed by atoms with van der Waals surface area (Å²) >= 11 is 5.81. The summed E-state index contributed by atoms with van der Waals surface area (Å²) in [5.41, 5.74) is 7.72. The molecular weight excluding hydrogens is 249 g/mol. The predicted molar refractivity (Wildman–Crippen MR) is 74.3 cm³/mol. The Morgan fingerprint density at radius 2 is 2.06 bits per heavy atom. The molecule has 0 aromatic heterocycles. The third-order valence-electron chi connectivity index (χ3n) is 4.53. The van der Waals surface area contributed by atoms with Crippen molar-refractivity contribution in [1.82, 2.24) is 0 Å². The van der Waals surface area contributed by atoms with Crippen molar-refractivity contribution in [2.24, 2.45) is 11.1 Å². The second-order valence-electron chi connectivity index (χ2n) is 5.48. The molecule has 1 aliphatic carbocycles. The first-order chi connectivity index (χ1) is 8.57. The first-order valence-electron chi connectivity index (χ1n) is 6.77. The van der Waals surface area contributed by atoms with Crippen molar-refractivity contribution in [3.05, 3.63) is 34.6 Å². The maximum Gasteiger partial charge on any atom is 0.141 e. The monoisotopic (exact) mass is 269 g/mol. The molecule has 0 saturated heterocycles. The van der Waals surface area contributed by atoms with Crippen LogP contribution in [0.4, 0.5) is 4.39 Å². The quantitative estimate of drug-likeness (QED) is 0.866. The lowest BCUT2D eigenvalue weighted by atomic mass is 9.74. The second kappa shape index (κ2) is 5.58. The molecule has 1 nitrogen and oxygen atoms in total. The maximum absolute atomic E-state index is 13.1. The smallest absolute Gasteiger partial charge is 0.141 e. The highest BCUT2D eigenvalue weighted by atomic mass is 35.5. The van der Waals surface area contributed by atoms with E-state index in [4.69, 9.17) is 17.3 Å². The summed E-state index contributed by atoms with van der Waals surface area (Å²) < 4.78 is 13.1. The van der Waals surface area contributed by atoms with Crippen molar-refractivity contribution >= 4 is 11.6 Å². The van der Waals surface area contributed by atoms with Crippen LogP contribution in [0, 0.1) is 11.2 Å². The lowest BCUT2D eigenvalue weighted by molar-refractivity contribution is 0.219. The first-order valence-corrected chi connectivity index (χ1v) is 7.15. The van der Waals surface area contributed by atoms with E-state index in [9.17, 15) is 4.39 Å². The first kappa shape index (κ1) is 13.8. The number of rotatable bonds is 4. The van der Waals surface area contributed by atoms with Gasteiger partial charge in [0.1, 0.15) is 5.82 Å². The maximum atomic E-state index is 13.1. The largest absolute Gasteiger partial charge is 0.327 e. The van der Waals surface area contributed by atoms with E-state index in [0.29, 0.717) is 0 Å². The number of benzene rings is 1. The molecule has 1 aromatic carbocycles. The minimum absolute atomic E-state index is 0.145. The third-order valence-corrected chi connectivity index (χ3v) is 4.82. The van der Waals surface area contributed by atoms with Gasteiger partial charge in [-0.2, -0.15) is 0 Å². The average molecular weight is 270 g/mol. The lowest BCUT2D eigenvalue weighted by Gasteiger charge is -2.34. The fraction of sp³-hybridized carbons (Fsp3) is 0.600. The molecule has 0 spiro atoms. The zero-order chi connectivity index (χ0) is 13.2. The highest BCUT2D eigenvalue weighted by Crippen LogP contribution is 2.44. The molecule has 1 unspecified atom stereocenters. The van der Waals surface area contributed by atoms with Gasteiger partial charge < -0.3 is 5.73 Å². The van der Waals surface area contributed by atoms with Crippen LogP contribution in [0.25, 0.3) is 0 Å². The molecule has 1 aliphatic rings. The predicted octanol–water partition coefficient (Wildman–Crippen LogP) is 4.32. The molecule has 100 valence electrons. The van der Waals surface area contributed by atoms with Gasteiger partial charge in [0, 0.05) is 6.04 Å². The van der Waals surface area contributed by atoms with Gasteiger partial charge in [-0.3, -0.25) is 0 Å². The molecule has 0 aliphatic heterocycles. The summed E-state index contributed by atoms with van der Waals surface area (Å²) in [5, 5.41) is 0.191. The van der Waals surface area contributed by atoms with Gasteiger partial charge in [0.25, 0.3) is 0 Å². The molecule has 1 fully saturated rings. The topological polar surface area (TPSA) is 26.0 Å². The van der Waals surface area contributed by atoms with Crippen LogP contribution in [0.2, 0.25) is 5.02 Å². The molecule has 0 radical (unpaired) electrons. The van der Waals surface area contributed by atoms with Crippen molar-refractivity contribution < 1.29 is 4.39 Å². The Morgan fingerprint density at radius 3 is 2.61 bits per heavy atom. The van der Waals surface area contributed by atoms with Crippen LogP contribution in [0.15, 0.2) is 18.2 Å². The van der Waals surface area contributed by atoms with E-state index in [1.807, 2.05) is 0 Å². The summed E-state index contributed by atoms with van der Waals surface area (Å²) in [6.45, 7) is 2.23. The molecule has 18 heavy (non-hydrogen) atoms. The van der Waals surface area contributed by atoms with E-state index in [1.165, 1.54) is 31.7 Å². The van der Waals surface area contributed by atoms with Crippen LogP contribution in [-0.2, 0) is 6.42 Å². The van der Waals surface area contributed by atoms with E-state index in [-0.39, 0.29) is 22.3 Å². The summed E-state index contributed by atoms with van der Waals surface area (Å²) in [7, 11) is 0. The van der Waals surface area contributed by atoms with Crippen molar-refractivity contribution in [3.63, 3.8) is 0 Å². The Bertz CT molecular complexity index is 413. The normalized spacial score (nSPS) is 20.0. The number of halogens is 2. The standard InChI is InChI=1S/C15H21ClFN/c1-2-15(7-3-4-8-15)14(18)10-11-5-6-13(17)12(16)9-11/h5-6,9,14H,2-4,7-8,10,18H2,1H3. The van der Waals surface area contributed by atoms with Crippen molar-refractivity contribution in [2.75, 3.05) is 0 Å².